The zero-order chi connectivity index (χ0) is 53.5. The molecule has 0 spiro atoms. The fourth-order valence-electron chi connectivity index (χ4n) is 8.78. The first-order chi connectivity index (χ1) is 35.5. The van der Waals surface area contributed by atoms with E-state index in [0.29, 0.717) is 17.4 Å². The molecule has 8 nitrogen and oxygen atoms in total. The number of nitrogens with zero attached hydrogens (tertiary/aromatic N) is 1. The Labute approximate surface area is 453 Å². The highest BCUT2D eigenvalue weighted by molar-refractivity contribution is 7.45. The van der Waals surface area contributed by atoms with Gasteiger partial charge in [-0.1, -0.05) is 260 Å². The molecule has 0 saturated heterocycles. The molecular formula is C64H119N2O6P. The normalized spacial score (nSPS) is 14.3. The molecule has 426 valence electrons. The molecule has 0 heterocycles. The molecule has 3 atom stereocenters. The zero-order valence-corrected chi connectivity index (χ0v) is 49.5. The predicted molar refractivity (Wildman–Crippen MR) is 316 cm³/mol. The Bertz CT molecular complexity index is 1420. The molecule has 0 rings (SSSR count). The number of quaternary nitrogens is 1. The molecule has 73 heavy (non-hydrogen) atoms. The molecule has 1 amide bonds. The third kappa shape index (κ3) is 57.5. The van der Waals surface area contributed by atoms with Gasteiger partial charge in [0.05, 0.1) is 39.9 Å². The van der Waals surface area contributed by atoms with Gasteiger partial charge in [0.2, 0.25) is 5.91 Å². The highest BCUT2D eigenvalue weighted by atomic mass is 31.2. The minimum absolute atomic E-state index is 0.0102. The fourth-order valence-corrected chi connectivity index (χ4v) is 9.50. The average molecular weight is 1040 g/mol. The Morgan fingerprint density at radius 1 is 0.479 bits per heavy atom. The molecule has 0 aromatic carbocycles. The number of unbranched alkanes of at least 4 members (excludes halogenated alkanes) is 33. The van der Waals surface area contributed by atoms with E-state index in [1.807, 2.05) is 27.2 Å². The van der Waals surface area contributed by atoms with Crippen LogP contribution >= 0.6 is 7.82 Å². The zero-order valence-electron chi connectivity index (χ0n) is 48.6. The number of carbonyl (C=O) groups excluding carboxylic acids is 1. The lowest BCUT2D eigenvalue weighted by molar-refractivity contribution is -0.870. The lowest BCUT2D eigenvalue weighted by Gasteiger charge is -2.29. The number of nitrogens with one attached hydrogen (secondary N) is 1. The first-order valence-corrected chi connectivity index (χ1v) is 32.3. The minimum Gasteiger partial charge on any atom is -0.756 e. The van der Waals surface area contributed by atoms with Crippen LogP contribution in [0.3, 0.4) is 0 Å². The third-order valence-corrected chi connectivity index (χ3v) is 14.6. The molecule has 9 heteroatoms. The van der Waals surface area contributed by atoms with Crippen molar-refractivity contribution in [3.05, 3.63) is 72.9 Å². The second-order valence-electron chi connectivity index (χ2n) is 22.0. The molecule has 0 aliphatic rings. The van der Waals surface area contributed by atoms with Crippen molar-refractivity contribution in [1.29, 1.82) is 0 Å². The van der Waals surface area contributed by atoms with Gasteiger partial charge in [-0.05, 0) is 83.5 Å². The number of carbonyl (C=O) groups is 1. The maximum absolute atomic E-state index is 13.0. The number of aliphatic hydroxyl groups is 1. The van der Waals surface area contributed by atoms with Crippen molar-refractivity contribution < 1.29 is 32.9 Å². The summed E-state index contributed by atoms with van der Waals surface area (Å²) in [7, 11) is 1.24. The van der Waals surface area contributed by atoms with Crippen LogP contribution in [0.25, 0.3) is 0 Å². The van der Waals surface area contributed by atoms with Crippen LogP contribution in [0.1, 0.15) is 277 Å². The summed E-state index contributed by atoms with van der Waals surface area (Å²) >= 11 is 0. The maximum atomic E-state index is 13.0. The summed E-state index contributed by atoms with van der Waals surface area (Å²) in [6, 6.07) is -0.912. The summed E-state index contributed by atoms with van der Waals surface area (Å²) in [6.45, 7) is 4.62. The van der Waals surface area contributed by atoms with Gasteiger partial charge in [-0.25, -0.2) is 0 Å². The number of phosphoric ester groups is 1. The number of likely N-dealkylation sites (N-methyl/N-ethyl adjacent to an activating group) is 1. The van der Waals surface area contributed by atoms with Crippen LogP contribution in [-0.2, 0) is 18.4 Å². The van der Waals surface area contributed by atoms with Gasteiger partial charge >= 0.3 is 0 Å². The van der Waals surface area contributed by atoms with E-state index in [-0.39, 0.29) is 12.5 Å². The Balaban J connectivity index is 4.12. The molecule has 0 fully saturated rings. The molecular weight excluding hydrogens is 924 g/mol. The number of hydrogen-bond acceptors (Lipinski definition) is 6. The van der Waals surface area contributed by atoms with E-state index >= 15 is 0 Å². The summed E-state index contributed by atoms with van der Waals surface area (Å²) in [6.07, 6.45) is 75.7. The smallest absolute Gasteiger partial charge is 0.268 e. The Hall–Kier alpha value is -2.06. The van der Waals surface area contributed by atoms with E-state index in [4.69, 9.17) is 9.05 Å². The lowest BCUT2D eigenvalue weighted by atomic mass is 10.0. The molecule has 0 radical (unpaired) electrons. The second-order valence-corrected chi connectivity index (χ2v) is 23.4. The lowest BCUT2D eigenvalue weighted by Crippen LogP contribution is -2.45. The summed E-state index contributed by atoms with van der Waals surface area (Å²) in [5, 5.41) is 13.9. The van der Waals surface area contributed by atoms with Crippen LogP contribution < -0.4 is 10.2 Å². The van der Waals surface area contributed by atoms with Crippen LogP contribution in [0.2, 0.25) is 0 Å². The third-order valence-electron chi connectivity index (χ3n) is 13.6. The van der Waals surface area contributed by atoms with Crippen LogP contribution in [0, 0.1) is 0 Å². The topological polar surface area (TPSA) is 108 Å². The number of rotatable bonds is 56. The van der Waals surface area contributed by atoms with E-state index in [9.17, 15) is 19.4 Å². The molecule has 0 saturated carbocycles. The van der Waals surface area contributed by atoms with Crippen LogP contribution in [-0.4, -0.2) is 68.5 Å². The number of aliphatic hydroxyl groups excluding tert-OH is 1. The van der Waals surface area contributed by atoms with E-state index in [1.54, 1.807) is 6.08 Å². The number of hydrogen-bond donors (Lipinski definition) is 2. The maximum Gasteiger partial charge on any atom is 0.268 e. The first kappa shape index (κ1) is 70.9. The highest BCUT2D eigenvalue weighted by Crippen LogP contribution is 2.38. The minimum atomic E-state index is -4.61. The van der Waals surface area contributed by atoms with Crippen LogP contribution in [0.5, 0.6) is 0 Å². The Morgan fingerprint density at radius 3 is 1.21 bits per heavy atom. The van der Waals surface area contributed by atoms with Gasteiger partial charge in [0.15, 0.2) is 0 Å². The van der Waals surface area contributed by atoms with Gasteiger partial charge in [-0.3, -0.25) is 9.36 Å². The van der Waals surface area contributed by atoms with Gasteiger partial charge < -0.3 is 28.8 Å². The van der Waals surface area contributed by atoms with E-state index in [2.05, 4.69) is 79.9 Å². The predicted octanol–water partition coefficient (Wildman–Crippen LogP) is 18.4. The average Bonchev–Trinajstić information content (AvgIpc) is 3.35. The van der Waals surface area contributed by atoms with E-state index in [1.165, 1.54) is 199 Å². The quantitative estimate of drug-likeness (QED) is 0.0272. The summed E-state index contributed by atoms with van der Waals surface area (Å²) in [5.41, 5.74) is 0. The van der Waals surface area contributed by atoms with Gasteiger partial charge in [0.25, 0.3) is 7.82 Å². The first-order valence-electron chi connectivity index (χ1n) is 30.8. The van der Waals surface area contributed by atoms with Gasteiger partial charge in [0, 0.05) is 6.42 Å². The number of phosphoric acid groups is 1. The Morgan fingerprint density at radius 2 is 0.808 bits per heavy atom. The number of amides is 1. The van der Waals surface area contributed by atoms with Crippen LogP contribution in [0.15, 0.2) is 72.9 Å². The van der Waals surface area contributed by atoms with E-state index < -0.39 is 26.6 Å². The molecule has 0 aromatic heterocycles. The van der Waals surface area contributed by atoms with Gasteiger partial charge in [-0.15, -0.1) is 0 Å². The van der Waals surface area contributed by atoms with Gasteiger partial charge in [0.1, 0.15) is 13.2 Å². The van der Waals surface area contributed by atoms with Crippen molar-refractivity contribution in [2.45, 2.75) is 289 Å². The molecule has 2 N–H and O–H groups in total. The number of allylic oxidation sites excluding steroid dienone is 11. The summed E-state index contributed by atoms with van der Waals surface area (Å²) < 4.78 is 23.3. The van der Waals surface area contributed by atoms with E-state index in [0.717, 1.165) is 57.8 Å². The van der Waals surface area contributed by atoms with Gasteiger partial charge in [-0.2, -0.15) is 0 Å². The highest BCUT2D eigenvalue weighted by Gasteiger charge is 2.23. The monoisotopic (exact) mass is 1040 g/mol. The summed E-state index contributed by atoms with van der Waals surface area (Å²) in [5.74, 6) is -0.210. The molecule has 0 bridgehead atoms. The molecule has 0 aliphatic carbocycles. The van der Waals surface area contributed by atoms with Crippen molar-refractivity contribution >= 4 is 13.7 Å². The Kier molecular flexibility index (Phi) is 53.2. The molecule has 0 aromatic rings. The SMILES string of the molecule is CCCCCCC/C=C\C/C=C\C/C=C\CCCCCCCCCCCCCCCCCCCCC(=O)NC(COP(=O)([O-])OCC[N+](C)(C)C)C(O)/C=C/CC/C=C/CC/C=C/CCCCCCCCCC. The van der Waals surface area contributed by atoms with Crippen LogP contribution in [0.4, 0.5) is 0 Å². The standard InChI is InChI=1S/C64H119N2O6P/c1-6-8-10-12-14-16-18-20-22-24-26-27-28-29-30-31-32-33-34-35-36-37-38-39-40-42-44-46-48-50-52-54-56-58-64(68)65-62(61-72-73(69,70)71-60-59-66(3,4)5)63(67)57-55-53-51-49-47-45-43-41-25-23-21-19-17-15-13-11-9-7-2/h18,20,24-26,28-29,41,47,49,55,57,62-63,67H,6-17,19,21-23,27,30-40,42-46,48,50-54,56,58-61H2,1-5H3,(H-,65,68,69,70)/b20-18-,26-24-,29-28-,41-25+,49-47+,57-55+. The van der Waals surface area contributed by atoms with Crippen molar-refractivity contribution in [3.8, 4) is 0 Å². The molecule has 3 unspecified atom stereocenters. The largest absolute Gasteiger partial charge is 0.756 e. The van der Waals surface area contributed by atoms with Crippen molar-refractivity contribution in [3.63, 3.8) is 0 Å². The second kappa shape index (κ2) is 54.7. The van der Waals surface area contributed by atoms with Crippen molar-refractivity contribution in [1.82, 2.24) is 5.32 Å². The van der Waals surface area contributed by atoms with Crippen molar-refractivity contribution in [2.24, 2.45) is 0 Å². The van der Waals surface area contributed by atoms with Crippen molar-refractivity contribution in [2.75, 3.05) is 40.9 Å². The fraction of sp³-hybridized carbons (Fsp3) is 0.797. The summed E-state index contributed by atoms with van der Waals surface area (Å²) in [4.78, 5) is 25.5. The molecule has 0 aliphatic heterocycles.